The topological polar surface area (TPSA) is 55.2 Å². The number of anilines is 1. The Bertz CT molecular complexity index is 975. The van der Waals surface area contributed by atoms with Crippen LogP contribution >= 0.6 is 22.9 Å². The smallest absolute Gasteiger partial charge is 0.355 e. The van der Waals surface area contributed by atoms with Gasteiger partial charge in [0.1, 0.15) is 10.8 Å². The van der Waals surface area contributed by atoms with E-state index in [9.17, 15) is 9.59 Å². The van der Waals surface area contributed by atoms with E-state index in [0.717, 1.165) is 17.2 Å². The summed E-state index contributed by atoms with van der Waals surface area (Å²) >= 11 is 7.47. The normalized spacial score (nSPS) is 11.0. The number of hydrogen-bond donors (Lipinski definition) is 0. The Hall–Kier alpha value is -2.18. The first kappa shape index (κ1) is 15.7. The number of nitrogens with zero attached hydrogens (tertiary/aromatic N) is 3. The van der Waals surface area contributed by atoms with Gasteiger partial charge in [0.25, 0.3) is 0 Å². The first-order valence-corrected chi connectivity index (χ1v) is 8.13. The Morgan fingerprint density at radius 1 is 1.35 bits per heavy atom. The van der Waals surface area contributed by atoms with Crippen molar-refractivity contribution in [1.82, 2.24) is 9.55 Å². The van der Waals surface area contributed by atoms with Crippen molar-refractivity contribution in [2.45, 2.75) is 6.92 Å². The summed E-state index contributed by atoms with van der Waals surface area (Å²) in [6, 6.07) is 5.36. The van der Waals surface area contributed by atoms with Crippen LogP contribution < -0.4 is 10.6 Å². The van der Waals surface area contributed by atoms with Gasteiger partial charge in [-0.2, -0.15) is 4.98 Å². The monoisotopic (exact) mass is 347 g/mol. The van der Waals surface area contributed by atoms with Gasteiger partial charge in [-0.3, -0.25) is 9.36 Å². The van der Waals surface area contributed by atoms with Crippen molar-refractivity contribution < 1.29 is 4.79 Å². The minimum absolute atomic E-state index is 0.397. The predicted molar refractivity (Wildman–Crippen MR) is 94.7 cm³/mol. The molecule has 0 radical (unpaired) electrons. The number of aldehydes is 1. The van der Waals surface area contributed by atoms with Crippen LogP contribution in [0.15, 0.2) is 28.4 Å². The van der Waals surface area contributed by atoms with E-state index >= 15 is 0 Å². The first-order valence-electron chi connectivity index (χ1n) is 6.87. The van der Waals surface area contributed by atoms with Crippen LogP contribution in [0.2, 0.25) is 5.02 Å². The third-order valence-electron chi connectivity index (χ3n) is 3.64. The fraction of sp³-hybridized carbons (Fsp3) is 0.188. The number of hydrogen-bond acceptors (Lipinski definition) is 5. The Morgan fingerprint density at radius 3 is 2.70 bits per heavy atom. The molecular formula is C16H14ClN3O2S. The van der Waals surface area contributed by atoms with E-state index in [-0.39, 0.29) is 0 Å². The number of rotatable bonds is 3. The summed E-state index contributed by atoms with van der Waals surface area (Å²) < 4.78 is 1.52. The molecule has 23 heavy (non-hydrogen) atoms. The third-order valence-corrected chi connectivity index (χ3v) is 4.96. The fourth-order valence-corrected chi connectivity index (χ4v) is 3.69. The maximum Gasteiger partial charge on any atom is 0.355 e. The van der Waals surface area contributed by atoms with Gasteiger partial charge in [-0.05, 0) is 30.7 Å². The summed E-state index contributed by atoms with van der Waals surface area (Å²) in [5.41, 5.74) is 1.60. The third kappa shape index (κ3) is 2.54. The second kappa shape index (κ2) is 5.79. The van der Waals surface area contributed by atoms with Crippen molar-refractivity contribution in [3.63, 3.8) is 0 Å². The highest BCUT2D eigenvalue weighted by molar-refractivity contribution is 7.13. The molecule has 0 unspecified atom stereocenters. The molecule has 118 valence electrons. The molecule has 0 saturated heterocycles. The summed E-state index contributed by atoms with van der Waals surface area (Å²) in [5.74, 6) is 0.586. The van der Waals surface area contributed by atoms with Crippen LogP contribution in [0.5, 0.6) is 0 Å². The number of carbonyl (C=O) groups is 1. The van der Waals surface area contributed by atoms with Gasteiger partial charge in [0.15, 0.2) is 6.29 Å². The fourth-order valence-electron chi connectivity index (χ4n) is 2.48. The first-order chi connectivity index (χ1) is 10.9. The van der Waals surface area contributed by atoms with Crippen LogP contribution in [0.1, 0.15) is 15.9 Å². The van der Waals surface area contributed by atoms with E-state index in [4.69, 9.17) is 11.6 Å². The molecule has 0 fully saturated rings. The number of thiophene rings is 1. The van der Waals surface area contributed by atoms with E-state index in [1.54, 1.807) is 22.4 Å². The molecule has 0 saturated carbocycles. The summed E-state index contributed by atoms with van der Waals surface area (Å²) in [6.07, 6.45) is 0.789. The van der Waals surface area contributed by atoms with Gasteiger partial charge in [-0.1, -0.05) is 11.6 Å². The van der Waals surface area contributed by atoms with E-state index in [0.29, 0.717) is 26.9 Å². The van der Waals surface area contributed by atoms with Crippen molar-refractivity contribution >= 4 is 45.9 Å². The minimum atomic E-state index is -0.397. The van der Waals surface area contributed by atoms with Crippen LogP contribution in [0.3, 0.4) is 0 Å². The lowest BCUT2D eigenvalue weighted by Gasteiger charge is -2.17. The van der Waals surface area contributed by atoms with Gasteiger partial charge in [0.2, 0.25) is 0 Å². The van der Waals surface area contributed by atoms with Crippen LogP contribution in [-0.4, -0.2) is 29.9 Å². The SMILES string of the molecule is Cc1c(C=O)csc1-n1c(=O)nc(N(C)C)c2ccc(Cl)cc21. The number of halogens is 1. The van der Waals surface area contributed by atoms with Gasteiger partial charge in [-0.15, -0.1) is 11.3 Å². The van der Waals surface area contributed by atoms with Gasteiger partial charge in [0, 0.05) is 35.4 Å². The molecule has 0 aliphatic rings. The summed E-state index contributed by atoms with van der Waals surface area (Å²) in [5, 5.41) is 3.77. The Kier molecular flexibility index (Phi) is 3.95. The quantitative estimate of drug-likeness (QED) is 0.682. The van der Waals surface area contributed by atoms with Crippen LogP contribution in [0, 0.1) is 6.92 Å². The Labute approximate surface area is 141 Å². The summed E-state index contributed by atoms with van der Waals surface area (Å²) in [4.78, 5) is 29.7. The molecule has 1 aromatic carbocycles. The molecule has 0 amide bonds. The van der Waals surface area contributed by atoms with E-state index < -0.39 is 5.69 Å². The maximum absolute atomic E-state index is 12.6. The number of aromatic nitrogens is 2. The van der Waals surface area contributed by atoms with E-state index in [1.165, 1.54) is 15.9 Å². The van der Waals surface area contributed by atoms with Crippen LogP contribution in [0.4, 0.5) is 5.82 Å². The molecule has 0 spiro atoms. The van der Waals surface area contributed by atoms with Gasteiger partial charge in [0.05, 0.1) is 5.52 Å². The van der Waals surface area contributed by atoms with Crippen molar-refractivity contribution in [2.75, 3.05) is 19.0 Å². The molecule has 3 aromatic rings. The van der Waals surface area contributed by atoms with Crippen LogP contribution in [-0.2, 0) is 0 Å². The molecule has 0 bridgehead atoms. The lowest BCUT2D eigenvalue weighted by Crippen LogP contribution is -2.25. The minimum Gasteiger partial charge on any atom is -0.362 e. The van der Waals surface area contributed by atoms with Crippen molar-refractivity contribution in [1.29, 1.82) is 0 Å². The van der Waals surface area contributed by atoms with Gasteiger partial charge < -0.3 is 4.90 Å². The molecular weight excluding hydrogens is 334 g/mol. The lowest BCUT2D eigenvalue weighted by atomic mass is 10.2. The number of fused-ring (bicyclic) bond motifs is 1. The number of carbonyl (C=O) groups excluding carboxylic acids is 1. The van der Waals surface area contributed by atoms with Crippen molar-refractivity contribution in [3.05, 3.63) is 50.2 Å². The molecule has 3 rings (SSSR count). The van der Waals surface area contributed by atoms with Crippen molar-refractivity contribution in [2.24, 2.45) is 0 Å². The second-order valence-electron chi connectivity index (χ2n) is 5.35. The molecule has 7 heteroatoms. The average Bonchev–Trinajstić information content (AvgIpc) is 2.87. The highest BCUT2D eigenvalue weighted by atomic mass is 35.5. The van der Waals surface area contributed by atoms with Crippen molar-refractivity contribution in [3.8, 4) is 5.00 Å². The highest BCUT2D eigenvalue weighted by Gasteiger charge is 2.17. The van der Waals surface area contributed by atoms with E-state index in [1.807, 2.05) is 27.1 Å². The molecule has 0 atom stereocenters. The van der Waals surface area contributed by atoms with Gasteiger partial charge >= 0.3 is 5.69 Å². The number of benzene rings is 1. The molecule has 0 aliphatic carbocycles. The zero-order chi connectivity index (χ0) is 16.7. The Morgan fingerprint density at radius 2 is 2.09 bits per heavy atom. The average molecular weight is 348 g/mol. The highest BCUT2D eigenvalue weighted by Crippen LogP contribution is 2.30. The Balaban J connectivity index is 2.46. The maximum atomic E-state index is 12.6. The van der Waals surface area contributed by atoms with Crippen LogP contribution in [0.25, 0.3) is 15.9 Å². The molecule has 2 heterocycles. The second-order valence-corrected chi connectivity index (χ2v) is 6.64. The standard InChI is InChI=1S/C16H14ClN3O2S/c1-9-10(7-21)8-23-15(9)20-13-6-11(17)4-5-12(13)14(19(2)3)18-16(20)22/h4-8H,1-3H3. The zero-order valence-corrected chi connectivity index (χ0v) is 14.4. The lowest BCUT2D eigenvalue weighted by molar-refractivity contribution is 0.112. The summed E-state index contributed by atoms with van der Waals surface area (Å²) in [6.45, 7) is 1.82. The zero-order valence-electron chi connectivity index (χ0n) is 12.8. The molecule has 0 aliphatic heterocycles. The van der Waals surface area contributed by atoms with Gasteiger partial charge in [-0.25, -0.2) is 4.79 Å². The molecule has 0 N–H and O–H groups in total. The molecule has 5 nitrogen and oxygen atoms in total. The van der Waals surface area contributed by atoms with E-state index in [2.05, 4.69) is 4.98 Å². The predicted octanol–water partition coefficient (Wildman–Crippen LogP) is 3.29. The summed E-state index contributed by atoms with van der Waals surface area (Å²) in [7, 11) is 3.67. The largest absolute Gasteiger partial charge is 0.362 e. The molecule has 2 aromatic heterocycles.